The highest BCUT2D eigenvalue weighted by atomic mass is 35.5. The summed E-state index contributed by atoms with van der Waals surface area (Å²) >= 11 is 6.07. The van der Waals surface area contributed by atoms with Gasteiger partial charge in [0.1, 0.15) is 0 Å². The van der Waals surface area contributed by atoms with Crippen molar-refractivity contribution in [2.75, 3.05) is 21.3 Å². The Bertz CT molecular complexity index is 891. The zero-order chi connectivity index (χ0) is 17.8. The summed E-state index contributed by atoms with van der Waals surface area (Å²) < 4.78 is 24.5. The van der Waals surface area contributed by atoms with Gasteiger partial charge in [-0.2, -0.15) is 0 Å². The Hall–Kier alpha value is -2.05. The second-order valence-corrected chi connectivity index (χ2v) is 9.14. The molecule has 2 heterocycles. The predicted octanol–water partition coefficient (Wildman–Crippen LogP) is 3.26. The monoisotopic (exact) mass is 376 g/mol. The minimum Gasteiger partial charge on any atom is -0.288 e. The lowest BCUT2D eigenvalue weighted by Crippen LogP contribution is -2.37. The van der Waals surface area contributed by atoms with Crippen LogP contribution in [0.4, 0.5) is 16.2 Å². The number of carbonyl (C=O) groups is 1. The normalized spacial score (nSPS) is 24.6. The summed E-state index contributed by atoms with van der Waals surface area (Å²) in [5.74, 6) is -0.0490. The van der Waals surface area contributed by atoms with Crippen LogP contribution in [0, 0.1) is 6.92 Å². The van der Waals surface area contributed by atoms with Gasteiger partial charge in [-0.15, -0.1) is 0 Å². The van der Waals surface area contributed by atoms with Crippen LogP contribution < -0.4 is 9.80 Å². The number of urea groups is 1. The summed E-state index contributed by atoms with van der Waals surface area (Å²) in [7, 11) is -3.20. The van der Waals surface area contributed by atoms with Crippen LogP contribution >= 0.6 is 11.6 Å². The van der Waals surface area contributed by atoms with Crippen molar-refractivity contribution in [2.45, 2.75) is 19.0 Å². The first kappa shape index (κ1) is 16.4. The highest BCUT2D eigenvalue weighted by Crippen LogP contribution is 2.38. The summed E-state index contributed by atoms with van der Waals surface area (Å²) in [5, 5.41) is 0.511. The highest BCUT2D eigenvalue weighted by Gasteiger charge is 2.54. The standard InChI is InChI=1S/C18H17ClN2O3S/c1-12-4-2-6-14(8-12)20-16-10-25(23,24)11-17(16)21(18(20)22)15-7-3-5-13(19)9-15/h2-9,16-17H,10-11H2,1H3/t16-,17-/m0/s1. The minimum atomic E-state index is -3.20. The summed E-state index contributed by atoms with van der Waals surface area (Å²) in [6, 6.07) is 13.5. The molecule has 2 aromatic rings. The molecule has 0 saturated carbocycles. The largest absolute Gasteiger partial charge is 0.329 e. The summed E-state index contributed by atoms with van der Waals surface area (Å²) in [6.45, 7) is 1.95. The van der Waals surface area contributed by atoms with E-state index in [0.717, 1.165) is 11.3 Å². The fourth-order valence-electron chi connectivity index (χ4n) is 3.71. The first-order chi connectivity index (χ1) is 11.9. The van der Waals surface area contributed by atoms with Crippen LogP contribution in [0.1, 0.15) is 5.56 Å². The molecule has 4 rings (SSSR count). The minimum absolute atomic E-state index is 0.0194. The molecule has 2 aliphatic rings. The fraction of sp³-hybridized carbons (Fsp3) is 0.278. The molecule has 2 aliphatic heterocycles. The number of carbonyl (C=O) groups excluding carboxylic acids is 1. The molecule has 5 nitrogen and oxygen atoms in total. The van der Waals surface area contributed by atoms with Crippen LogP contribution in [-0.4, -0.2) is 38.0 Å². The number of sulfone groups is 1. The maximum atomic E-state index is 13.2. The molecule has 0 N–H and O–H groups in total. The maximum Gasteiger partial charge on any atom is 0.329 e. The van der Waals surface area contributed by atoms with E-state index >= 15 is 0 Å². The average Bonchev–Trinajstić information content (AvgIpc) is 2.95. The smallest absolute Gasteiger partial charge is 0.288 e. The zero-order valence-electron chi connectivity index (χ0n) is 13.6. The molecule has 0 bridgehead atoms. The Morgan fingerprint density at radius 1 is 0.960 bits per heavy atom. The second kappa shape index (κ2) is 5.75. The number of fused-ring (bicyclic) bond motifs is 1. The lowest BCUT2D eigenvalue weighted by Gasteiger charge is -2.23. The highest BCUT2D eigenvalue weighted by molar-refractivity contribution is 7.91. The van der Waals surface area contributed by atoms with Crippen molar-refractivity contribution >= 4 is 38.8 Å². The van der Waals surface area contributed by atoms with E-state index in [1.807, 2.05) is 31.2 Å². The zero-order valence-corrected chi connectivity index (χ0v) is 15.2. The molecular weight excluding hydrogens is 360 g/mol. The number of amides is 2. The van der Waals surface area contributed by atoms with Crippen molar-refractivity contribution in [1.82, 2.24) is 0 Å². The number of halogens is 1. The Morgan fingerprint density at radius 2 is 1.52 bits per heavy atom. The van der Waals surface area contributed by atoms with Crippen molar-refractivity contribution in [3.05, 3.63) is 59.1 Å². The number of aryl methyl sites for hydroxylation is 1. The van der Waals surface area contributed by atoms with Gasteiger partial charge in [0.05, 0.1) is 23.6 Å². The molecule has 0 aromatic heterocycles. The van der Waals surface area contributed by atoms with E-state index < -0.39 is 21.9 Å². The number of rotatable bonds is 2. The molecule has 130 valence electrons. The van der Waals surface area contributed by atoms with E-state index in [2.05, 4.69) is 0 Å². The number of nitrogens with zero attached hydrogens (tertiary/aromatic N) is 2. The van der Waals surface area contributed by atoms with Crippen LogP contribution in [0.5, 0.6) is 0 Å². The van der Waals surface area contributed by atoms with Crippen LogP contribution in [-0.2, 0) is 9.84 Å². The number of benzene rings is 2. The quantitative estimate of drug-likeness (QED) is 0.756. The average molecular weight is 377 g/mol. The predicted molar refractivity (Wildman–Crippen MR) is 99.2 cm³/mol. The second-order valence-electron chi connectivity index (χ2n) is 6.55. The topological polar surface area (TPSA) is 57.7 Å². The maximum absolute atomic E-state index is 13.2. The van der Waals surface area contributed by atoms with E-state index in [9.17, 15) is 13.2 Å². The van der Waals surface area contributed by atoms with Gasteiger partial charge < -0.3 is 0 Å². The third-order valence-corrected chi connectivity index (χ3v) is 6.67. The lowest BCUT2D eigenvalue weighted by molar-refractivity contribution is 0.255. The van der Waals surface area contributed by atoms with Gasteiger partial charge >= 0.3 is 6.03 Å². The Kier molecular flexibility index (Phi) is 3.77. The first-order valence-electron chi connectivity index (χ1n) is 8.01. The fourth-order valence-corrected chi connectivity index (χ4v) is 5.81. The van der Waals surface area contributed by atoms with Crippen molar-refractivity contribution in [3.8, 4) is 0 Å². The molecular formula is C18H17ClN2O3S. The number of hydrogen-bond acceptors (Lipinski definition) is 3. The summed E-state index contributed by atoms with van der Waals surface area (Å²) in [4.78, 5) is 16.4. The molecule has 0 radical (unpaired) electrons. The Labute approximate surface area is 151 Å². The van der Waals surface area contributed by atoms with Gasteiger partial charge in [0, 0.05) is 16.4 Å². The molecule has 0 aliphatic carbocycles. The molecule has 2 atom stereocenters. The summed E-state index contributed by atoms with van der Waals surface area (Å²) in [5.41, 5.74) is 2.37. The molecule has 0 spiro atoms. The van der Waals surface area contributed by atoms with Crippen molar-refractivity contribution in [1.29, 1.82) is 0 Å². The van der Waals surface area contributed by atoms with Crippen LogP contribution in [0.2, 0.25) is 5.02 Å². The first-order valence-corrected chi connectivity index (χ1v) is 10.2. The van der Waals surface area contributed by atoms with E-state index in [1.54, 1.807) is 34.1 Å². The van der Waals surface area contributed by atoms with E-state index in [1.165, 1.54) is 0 Å². The van der Waals surface area contributed by atoms with Crippen molar-refractivity contribution in [2.24, 2.45) is 0 Å². The van der Waals surface area contributed by atoms with Gasteiger partial charge in [-0.25, -0.2) is 13.2 Å². The van der Waals surface area contributed by atoms with Gasteiger partial charge in [-0.1, -0.05) is 29.8 Å². The van der Waals surface area contributed by atoms with Gasteiger partial charge in [0.15, 0.2) is 9.84 Å². The molecule has 0 unspecified atom stereocenters. The SMILES string of the molecule is Cc1cccc(N2C(=O)N(c3cccc(Cl)c3)[C@H]3CS(=O)(=O)C[C@@H]32)c1. The lowest BCUT2D eigenvalue weighted by atomic mass is 10.1. The van der Waals surface area contributed by atoms with Crippen LogP contribution in [0.3, 0.4) is 0 Å². The third kappa shape index (κ3) is 2.79. The Balaban J connectivity index is 1.83. The van der Waals surface area contributed by atoms with Crippen LogP contribution in [0.15, 0.2) is 48.5 Å². The molecule has 25 heavy (non-hydrogen) atoms. The molecule has 2 fully saturated rings. The van der Waals surface area contributed by atoms with Crippen molar-refractivity contribution < 1.29 is 13.2 Å². The molecule has 2 aromatic carbocycles. The van der Waals surface area contributed by atoms with Crippen molar-refractivity contribution in [3.63, 3.8) is 0 Å². The van der Waals surface area contributed by atoms with Gasteiger partial charge in [0.2, 0.25) is 0 Å². The van der Waals surface area contributed by atoms with Crippen LogP contribution in [0.25, 0.3) is 0 Å². The van der Waals surface area contributed by atoms with Gasteiger partial charge in [-0.3, -0.25) is 9.80 Å². The van der Waals surface area contributed by atoms with Gasteiger partial charge in [-0.05, 0) is 42.8 Å². The summed E-state index contributed by atoms with van der Waals surface area (Å²) in [6.07, 6.45) is 0. The van der Waals surface area contributed by atoms with E-state index in [4.69, 9.17) is 11.6 Å². The van der Waals surface area contributed by atoms with Gasteiger partial charge in [0.25, 0.3) is 0 Å². The molecule has 2 amide bonds. The molecule has 7 heteroatoms. The molecule has 2 saturated heterocycles. The van der Waals surface area contributed by atoms with E-state index in [-0.39, 0.29) is 17.5 Å². The third-order valence-electron chi connectivity index (χ3n) is 4.74. The number of hydrogen-bond donors (Lipinski definition) is 0. The number of anilines is 2. The van der Waals surface area contributed by atoms with E-state index in [0.29, 0.717) is 10.7 Å². The Morgan fingerprint density at radius 3 is 2.08 bits per heavy atom.